The van der Waals surface area contributed by atoms with Crippen LogP contribution in [-0.2, 0) is 19.1 Å². The first-order valence-corrected chi connectivity index (χ1v) is 3.30. The van der Waals surface area contributed by atoms with Crippen molar-refractivity contribution in [2.24, 2.45) is 0 Å². The van der Waals surface area contributed by atoms with E-state index in [1.807, 2.05) is 0 Å². The molecule has 0 N–H and O–H groups in total. The molecule has 0 saturated carbocycles. The molecule has 0 atom stereocenters. The lowest BCUT2D eigenvalue weighted by molar-refractivity contribution is -0.137. The first-order chi connectivity index (χ1) is 5.49. The predicted octanol–water partition coefficient (Wildman–Crippen LogP) is 0.264. The summed E-state index contributed by atoms with van der Waals surface area (Å²) in [5.41, 5.74) is -0.218. The van der Waals surface area contributed by atoms with Crippen LogP contribution in [-0.4, -0.2) is 24.6 Å². The normalized spacial score (nSPS) is 10.8. The molecule has 0 aromatic heterocycles. The Morgan fingerprint density at radius 1 is 1.17 bits per heavy atom. The summed E-state index contributed by atoms with van der Waals surface area (Å²) < 4.78 is 4.29. The van der Waals surface area contributed by atoms with Gasteiger partial charge >= 0.3 is 5.97 Å². The van der Waals surface area contributed by atoms with Crippen LogP contribution in [0.1, 0.15) is 13.8 Å². The van der Waals surface area contributed by atoms with E-state index in [9.17, 15) is 14.4 Å². The second-order valence-corrected chi connectivity index (χ2v) is 2.22. The molecule has 0 aliphatic heterocycles. The average molecular weight is 170 g/mol. The minimum atomic E-state index is -0.780. The van der Waals surface area contributed by atoms with Crippen LogP contribution < -0.4 is 0 Å². The number of ether oxygens (including phenoxy) is 1. The maximum atomic E-state index is 10.8. The molecule has 0 saturated heterocycles. The molecule has 4 heteroatoms. The molecule has 0 rings (SSSR count). The van der Waals surface area contributed by atoms with Crippen molar-refractivity contribution in [3.8, 4) is 0 Å². The summed E-state index contributed by atoms with van der Waals surface area (Å²) in [4.78, 5) is 32.1. The van der Waals surface area contributed by atoms with Crippen LogP contribution in [0.3, 0.4) is 0 Å². The summed E-state index contributed by atoms with van der Waals surface area (Å²) in [6.07, 6.45) is 0.966. The highest BCUT2D eigenvalue weighted by Gasteiger charge is 2.14. The van der Waals surface area contributed by atoms with E-state index in [-0.39, 0.29) is 11.4 Å². The van der Waals surface area contributed by atoms with Gasteiger partial charge in [0.15, 0.2) is 11.6 Å². The van der Waals surface area contributed by atoms with E-state index in [0.717, 1.165) is 13.2 Å². The van der Waals surface area contributed by atoms with E-state index < -0.39 is 11.8 Å². The van der Waals surface area contributed by atoms with Crippen LogP contribution in [0.25, 0.3) is 0 Å². The van der Waals surface area contributed by atoms with Gasteiger partial charge in [-0.3, -0.25) is 9.59 Å². The van der Waals surface area contributed by atoms with Crippen molar-refractivity contribution in [2.45, 2.75) is 13.8 Å². The highest BCUT2D eigenvalue weighted by molar-refractivity contribution is 6.19. The zero-order chi connectivity index (χ0) is 9.72. The van der Waals surface area contributed by atoms with E-state index >= 15 is 0 Å². The summed E-state index contributed by atoms with van der Waals surface area (Å²) in [5, 5.41) is 0. The van der Waals surface area contributed by atoms with E-state index in [1.165, 1.54) is 13.8 Å². The quantitative estimate of drug-likeness (QED) is 0.264. The number of hydrogen-bond acceptors (Lipinski definition) is 4. The summed E-state index contributed by atoms with van der Waals surface area (Å²) in [6.45, 7) is 2.46. The molecule has 12 heavy (non-hydrogen) atoms. The Labute approximate surface area is 70.2 Å². The highest BCUT2D eigenvalue weighted by Crippen LogP contribution is 1.99. The average Bonchev–Trinajstić information content (AvgIpc) is 1.98. The Bertz CT molecular complexity index is 250. The molecule has 0 radical (unpaired) electrons. The number of ketones is 2. The van der Waals surface area contributed by atoms with Crippen LogP contribution in [0, 0.1) is 0 Å². The minimum Gasteiger partial charge on any atom is -0.465 e. The Morgan fingerprint density at radius 3 is 1.92 bits per heavy atom. The van der Waals surface area contributed by atoms with Crippen molar-refractivity contribution >= 4 is 17.5 Å². The van der Waals surface area contributed by atoms with Crippen molar-refractivity contribution in [1.82, 2.24) is 0 Å². The van der Waals surface area contributed by atoms with Crippen molar-refractivity contribution in [3.05, 3.63) is 11.6 Å². The largest absolute Gasteiger partial charge is 0.465 e. The van der Waals surface area contributed by atoms with Crippen LogP contribution >= 0.6 is 0 Å². The number of carbonyl (C=O) groups excluding carboxylic acids is 3. The van der Waals surface area contributed by atoms with E-state index in [4.69, 9.17) is 0 Å². The van der Waals surface area contributed by atoms with Crippen LogP contribution in [0.5, 0.6) is 0 Å². The molecular weight excluding hydrogens is 160 g/mol. The third-order valence-corrected chi connectivity index (χ3v) is 1.13. The van der Waals surface area contributed by atoms with Crippen molar-refractivity contribution < 1.29 is 19.1 Å². The van der Waals surface area contributed by atoms with E-state index in [1.54, 1.807) is 0 Å². The lowest BCUT2D eigenvalue weighted by Crippen LogP contribution is -2.12. The number of allylic oxidation sites excluding steroid dienone is 1. The fourth-order valence-corrected chi connectivity index (χ4v) is 0.618. The monoisotopic (exact) mass is 170 g/mol. The number of hydrogen-bond donors (Lipinski definition) is 0. The van der Waals surface area contributed by atoms with Gasteiger partial charge in [-0.2, -0.15) is 0 Å². The van der Waals surface area contributed by atoms with Gasteiger partial charge in [0.25, 0.3) is 0 Å². The number of carbonyl (C=O) groups is 3. The zero-order valence-corrected chi connectivity index (χ0v) is 7.21. The topological polar surface area (TPSA) is 60.4 Å². The lowest BCUT2D eigenvalue weighted by Gasteiger charge is -1.98. The van der Waals surface area contributed by atoms with Gasteiger partial charge in [0.2, 0.25) is 0 Å². The standard InChI is InChI=1S/C8H10O4/c1-5(9)4-7(6(2)10)8(11)12-3/h4H,1-3H3/b7-4+. The molecule has 0 amide bonds. The smallest absolute Gasteiger partial charge is 0.341 e. The second kappa shape index (κ2) is 4.43. The maximum Gasteiger partial charge on any atom is 0.341 e. The van der Waals surface area contributed by atoms with Gasteiger partial charge in [-0.1, -0.05) is 0 Å². The lowest BCUT2D eigenvalue weighted by atomic mass is 10.1. The van der Waals surface area contributed by atoms with E-state index in [0.29, 0.717) is 0 Å². The summed E-state index contributed by atoms with van der Waals surface area (Å²) >= 11 is 0. The van der Waals surface area contributed by atoms with Crippen molar-refractivity contribution in [1.29, 1.82) is 0 Å². The third-order valence-electron chi connectivity index (χ3n) is 1.13. The van der Waals surface area contributed by atoms with Crippen molar-refractivity contribution in [3.63, 3.8) is 0 Å². The Hall–Kier alpha value is -1.45. The summed E-state index contributed by atoms with van der Waals surface area (Å²) in [6, 6.07) is 0. The predicted molar refractivity (Wildman–Crippen MR) is 41.5 cm³/mol. The van der Waals surface area contributed by atoms with Gasteiger partial charge in [-0.05, 0) is 19.9 Å². The zero-order valence-electron chi connectivity index (χ0n) is 7.21. The molecule has 4 nitrogen and oxygen atoms in total. The third kappa shape index (κ3) is 3.09. The molecule has 0 spiro atoms. The van der Waals surface area contributed by atoms with Crippen LogP contribution in [0.2, 0.25) is 0 Å². The van der Waals surface area contributed by atoms with Crippen molar-refractivity contribution in [2.75, 3.05) is 7.11 Å². The fourth-order valence-electron chi connectivity index (χ4n) is 0.618. The molecule has 0 aliphatic carbocycles. The highest BCUT2D eigenvalue weighted by atomic mass is 16.5. The Morgan fingerprint density at radius 2 is 1.67 bits per heavy atom. The summed E-state index contributed by atoms with van der Waals surface area (Å²) in [7, 11) is 1.15. The molecule has 0 unspecified atom stereocenters. The van der Waals surface area contributed by atoms with Gasteiger partial charge in [0.05, 0.1) is 7.11 Å². The number of Topliss-reactive ketones (excluding diaryl/α,β-unsaturated/α-hetero) is 1. The maximum absolute atomic E-state index is 10.8. The number of rotatable bonds is 3. The fraction of sp³-hybridized carbons (Fsp3) is 0.375. The first-order valence-electron chi connectivity index (χ1n) is 3.30. The minimum absolute atomic E-state index is 0.218. The molecule has 66 valence electrons. The molecule has 0 heterocycles. The van der Waals surface area contributed by atoms with Gasteiger partial charge < -0.3 is 4.74 Å². The SMILES string of the molecule is COC(=O)/C(=C/C(C)=O)C(C)=O. The molecule has 0 fully saturated rings. The molecule has 0 aliphatic rings. The van der Waals surface area contributed by atoms with Gasteiger partial charge in [0, 0.05) is 0 Å². The molecule has 0 aromatic rings. The van der Waals surface area contributed by atoms with Gasteiger partial charge in [-0.15, -0.1) is 0 Å². The first kappa shape index (κ1) is 10.6. The summed E-state index contributed by atoms with van der Waals surface area (Å²) in [5.74, 6) is -1.61. The number of esters is 1. The molecule has 0 bridgehead atoms. The van der Waals surface area contributed by atoms with Crippen LogP contribution in [0.4, 0.5) is 0 Å². The Kier molecular flexibility index (Phi) is 3.90. The second-order valence-electron chi connectivity index (χ2n) is 2.22. The van der Waals surface area contributed by atoms with Gasteiger partial charge in [0.1, 0.15) is 5.57 Å². The van der Waals surface area contributed by atoms with E-state index in [2.05, 4.69) is 4.74 Å². The Balaban J connectivity index is 4.79. The van der Waals surface area contributed by atoms with Gasteiger partial charge in [-0.25, -0.2) is 4.79 Å². The number of methoxy groups -OCH3 is 1. The van der Waals surface area contributed by atoms with Crippen LogP contribution in [0.15, 0.2) is 11.6 Å². The molecular formula is C8H10O4. The molecule has 0 aromatic carbocycles.